The molecule has 5 nitrogen and oxygen atoms in total. The van der Waals surface area contributed by atoms with Gasteiger partial charge in [-0.3, -0.25) is 9.59 Å². The van der Waals surface area contributed by atoms with Gasteiger partial charge in [-0.2, -0.15) is 0 Å². The first-order valence-electron chi connectivity index (χ1n) is 7.54. The Kier molecular flexibility index (Phi) is 7.02. The minimum atomic E-state index is -0.726. The molecule has 1 aliphatic heterocycles. The van der Waals surface area contributed by atoms with Gasteiger partial charge in [-0.15, -0.1) is 0 Å². The summed E-state index contributed by atoms with van der Waals surface area (Å²) in [7, 11) is 0. The molecule has 22 heavy (non-hydrogen) atoms. The lowest BCUT2D eigenvalue weighted by Gasteiger charge is -2.18. The SMILES string of the molecule is CC(=O)O[C@H](C(=O)/C=C(\C)CCCC1=CC(=O)OC1)C(C)C. The molecule has 0 radical (unpaired) electrons. The second kappa shape index (κ2) is 8.51. The minimum Gasteiger partial charge on any atom is -0.458 e. The van der Waals surface area contributed by atoms with Crippen molar-refractivity contribution in [2.24, 2.45) is 5.92 Å². The number of hydrogen-bond donors (Lipinski definition) is 0. The molecular formula is C17H24O5. The molecule has 0 spiro atoms. The third-order valence-corrected chi connectivity index (χ3v) is 3.36. The molecule has 0 N–H and O–H groups in total. The molecule has 1 heterocycles. The summed E-state index contributed by atoms with van der Waals surface area (Å²) in [5.41, 5.74) is 1.93. The van der Waals surface area contributed by atoms with Crippen LogP contribution in [0.4, 0.5) is 0 Å². The minimum absolute atomic E-state index is 0.0627. The predicted molar refractivity (Wildman–Crippen MR) is 82.0 cm³/mol. The van der Waals surface area contributed by atoms with E-state index in [1.54, 1.807) is 6.08 Å². The first-order valence-corrected chi connectivity index (χ1v) is 7.54. The molecule has 0 aromatic heterocycles. The van der Waals surface area contributed by atoms with Crippen LogP contribution >= 0.6 is 0 Å². The van der Waals surface area contributed by atoms with E-state index < -0.39 is 12.1 Å². The number of carbonyl (C=O) groups excluding carboxylic acids is 3. The van der Waals surface area contributed by atoms with Crippen molar-refractivity contribution in [1.29, 1.82) is 0 Å². The van der Waals surface area contributed by atoms with Crippen molar-refractivity contribution in [3.05, 3.63) is 23.3 Å². The van der Waals surface area contributed by atoms with Gasteiger partial charge in [-0.05, 0) is 43.8 Å². The fourth-order valence-electron chi connectivity index (χ4n) is 2.25. The van der Waals surface area contributed by atoms with Gasteiger partial charge in [0.2, 0.25) is 0 Å². The first-order chi connectivity index (χ1) is 10.3. The molecular weight excluding hydrogens is 284 g/mol. The average molecular weight is 308 g/mol. The van der Waals surface area contributed by atoms with Crippen LogP contribution in [-0.4, -0.2) is 30.4 Å². The summed E-state index contributed by atoms with van der Waals surface area (Å²) in [6.07, 6.45) is 4.73. The average Bonchev–Trinajstić information content (AvgIpc) is 2.81. The molecule has 0 unspecified atom stereocenters. The number of hydrogen-bond acceptors (Lipinski definition) is 5. The highest BCUT2D eigenvalue weighted by Crippen LogP contribution is 2.17. The Bertz CT molecular complexity index is 499. The van der Waals surface area contributed by atoms with Crippen molar-refractivity contribution in [1.82, 2.24) is 0 Å². The normalized spacial score (nSPS) is 16.3. The van der Waals surface area contributed by atoms with E-state index in [4.69, 9.17) is 9.47 Å². The van der Waals surface area contributed by atoms with Crippen molar-refractivity contribution in [3.8, 4) is 0 Å². The van der Waals surface area contributed by atoms with Crippen LogP contribution < -0.4 is 0 Å². The second-order valence-corrected chi connectivity index (χ2v) is 5.93. The Morgan fingerprint density at radius 3 is 2.55 bits per heavy atom. The van der Waals surface area contributed by atoms with E-state index in [9.17, 15) is 14.4 Å². The van der Waals surface area contributed by atoms with Gasteiger partial charge in [0, 0.05) is 13.0 Å². The van der Waals surface area contributed by atoms with Crippen LogP contribution in [0.1, 0.15) is 47.0 Å². The van der Waals surface area contributed by atoms with Crippen LogP contribution in [0, 0.1) is 5.92 Å². The highest BCUT2D eigenvalue weighted by molar-refractivity contribution is 5.95. The lowest BCUT2D eigenvalue weighted by atomic mass is 9.99. The summed E-state index contributed by atoms with van der Waals surface area (Å²) in [5, 5.41) is 0. The summed E-state index contributed by atoms with van der Waals surface area (Å²) in [5.74, 6) is -0.969. The van der Waals surface area contributed by atoms with E-state index in [0.717, 1.165) is 30.4 Å². The molecule has 122 valence electrons. The van der Waals surface area contributed by atoms with Crippen molar-refractivity contribution in [3.63, 3.8) is 0 Å². The highest BCUT2D eigenvalue weighted by Gasteiger charge is 2.23. The molecule has 0 aromatic carbocycles. The van der Waals surface area contributed by atoms with Gasteiger partial charge >= 0.3 is 11.9 Å². The largest absolute Gasteiger partial charge is 0.458 e. The number of carbonyl (C=O) groups is 3. The molecule has 1 atom stereocenters. The molecule has 0 fully saturated rings. The van der Waals surface area contributed by atoms with E-state index >= 15 is 0 Å². The second-order valence-electron chi connectivity index (χ2n) is 5.93. The molecule has 1 rings (SSSR count). The van der Waals surface area contributed by atoms with Gasteiger partial charge in [0.15, 0.2) is 11.9 Å². The van der Waals surface area contributed by atoms with Crippen molar-refractivity contribution in [2.75, 3.05) is 6.61 Å². The topological polar surface area (TPSA) is 69.7 Å². The number of allylic oxidation sites excluding steroid dienone is 1. The van der Waals surface area contributed by atoms with Crippen LogP contribution in [0.2, 0.25) is 0 Å². The first kappa shape index (κ1) is 18.1. The fraction of sp³-hybridized carbons (Fsp3) is 0.588. The summed E-state index contributed by atoms with van der Waals surface area (Å²) in [4.78, 5) is 34.1. The van der Waals surface area contributed by atoms with Crippen molar-refractivity contribution < 1.29 is 23.9 Å². The smallest absolute Gasteiger partial charge is 0.331 e. The number of rotatable bonds is 8. The Morgan fingerprint density at radius 1 is 1.36 bits per heavy atom. The van der Waals surface area contributed by atoms with Crippen molar-refractivity contribution in [2.45, 2.75) is 53.1 Å². The highest BCUT2D eigenvalue weighted by atomic mass is 16.5. The van der Waals surface area contributed by atoms with Crippen LogP contribution in [0.15, 0.2) is 23.3 Å². The Labute approximate surface area is 131 Å². The summed E-state index contributed by atoms with van der Waals surface area (Å²) in [6, 6.07) is 0. The molecule has 0 saturated heterocycles. The van der Waals surface area contributed by atoms with Crippen LogP contribution in [0.3, 0.4) is 0 Å². The molecule has 0 bridgehead atoms. The van der Waals surface area contributed by atoms with Gasteiger partial charge in [-0.25, -0.2) is 4.79 Å². The van der Waals surface area contributed by atoms with Gasteiger partial charge in [-0.1, -0.05) is 19.4 Å². The number of cyclic esters (lactones) is 1. The summed E-state index contributed by atoms with van der Waals surface area (Å²) >= 11 is 0. The fourth-order valence-corrected chi connectivity index (χ4v) is 2.25. The lowest BCUT2D eigenvalue weighted by Crippen LogP contribution is -2.30. The van der Waals surface area contributed by atoms with E-state index in [0.29, 0.717) is 6.61 Å². The Hall–Kier alpha value is -1.91. The molecule has 0 aromatic rings. The quantitative estimate of drug-likeness (QED) is 0.509. The van der Waals surface area contributed by atoms with E-state index in [1.807, 2.05) is 20.8 Å². The van der Waals surface area contributed by atoms with E-state index in [2.05, 4.69) is 0 Å². The standard InChI is InChI=1S/C17H24O5/c1-11(2)17(22-13(4)18)15(19)8-12(3)6-5-7-14-9-16(20)21-10-14/h8-9,11,17H,5-7,10H2,1-4H3/b12-8+/t17-/m0/s1. The lowest BCUT2D eigenvalue weighted by molar-refractivity contribution is -0.154. The summed E-state index contributed by atoms with van der Waals surface area (Å²) in [6.45, 7) is 7.25. The van der Waals surface area contributed by atoms with Gasteiger partial charge in [0.1, 0.15) is 6.61 Å². The maximum Gasteiger partial charge on any atom is 0.331 e. The number of esters is 2. The monoisotopic (exact) mass is 308 g/mol. The molecule has 0 amide bonds. The maximum atomic E-state index is 12.2. The van der Waals surface area contributed by atoms with E-state index in [1.165, 1.54) is 13.0 Å². The Morgan fingerprint density at radius 2 is 2.05 bits per heavy atom. The molecule has 5 heteroatoms. The summed E-state index contributed by atoms with van der Waals surface area (Å²) < 4.78 is 9.91. The van der Waals surface area contributed by atoms with Gasteiger partial charge < -0.3 is 9.47 Å². The predicted octanol–water partition coefficient (Wildman–Crippen LogP) is 2.74. The third-order valence-electron chi connectivity index (χ3n) is 3.36. The van der Waals surface area contributed by atoms with Crippen LogP contribution in [0.5, 0.6) is 0 Å². The van der Waals surface area contributed by atoms with Gasteiger partial charge in [0.25, 0.3) is 0 Å². The van der Waals surface area contributed by atoms with Crippen LogP contribution in [-0.2, 0) is 23.9 Å². The number of ketones is 1. The zero-order valence-corrected chi connectivity index (χ0v) is 13.7. The molecule has 0 saturated carbocycles. The van der Waals surface area contributed by atoms with E-state index in [-0.39, 0.29) is 17.7 Å². The zero-order chi connectivity index (χ0) is 16.7. The molecule has 1 aliphatic rings. The maximum absolute atomic E-state index is 12.2. The molecule has 0 aliphatic carbocycles. The Balaban J connectivity index is 2.48. The van der Waals surface area contributed by atoms with Crippen molar-refractivity contribution >= 4 is 17.7 Å². The number of ether oxygens (including phenoxy) is 2. The zero-order valence-electron chi connectivity index (χ0n) is 13.7. The van der Waals surface area contributed by atoms with Crippen LogP contribution in [0.25, 0.3) is 0 Å². The van der Waals surface area contributed by atoms with Gasteiger partial charge in [0.05, 0.1) is 0 Å². The third kappa shape index (κ3) is 6.24.